The molecule has 2 rings (SSSR count). The van der Waals surface area contributed by atoms with Crippen LogP contribution in [0.1, 0.15) is 31.7 Å². The Kier molecular flexibility index (Phi) is 6.08. The molecule has 0 spiro atoms. The van der Waals surface area contributed by atoms with E-state index in [9.17, 15) is 4.79 Å². The Morgan fingerprint density at radius 2 is 1.91 bits per heavy atom. The van der Waals surface area contributed by atoms with Gasteiger partial charge < -0.3 is 4.74 Å². The summed E-state index contributed by atoms with van der Waals surface area (Å²) in [6, 6.07) is 10.2. The number of carbonyl (C=O) groups excluding carboxylic acids is 1. The van der Waals surface area contributed by atoms with Crippen LogP contribution in [0.25, 0.3) is 0 Å². The normalized spacial score (nSPS) is 17.4. The average Bonchev–Trinajstić information content (AvgIpc) is 3.28. The minimum Gasteiger partial charge on any atom is -0.479 e. The van der Waals surface area contributed by atoms with E-state index in [2.05, 4.69) is 31.8 Å². The van der Waals surface area contributed by atoms with E-state index in [4.69, 9.17) is 17.0 Å². The van der Waals surface area contributed by atoms with Gasteiger partial charge in [0.05, 0.1) is 20.1 Å². The Morgan fingerprint density at radius 1 is 1.30 bits per heavy atom. The molecule has 0 radical (unpaired) electrons. The van der Waals surface area contributed by atoms with E-state index in [1.807, 2.05) is 25.1 Å². The number of benzene rings is 1. The maximum absolute atomic E-state index is 13.0. The zero-order valence-electron chi connectivity index (χ0n) is 14.4. The van der Waals surface area contributed by atoms with E-state index in [1.165, 1.54) is 5.56 Å². The van der Waals surface area contributed by atoms with Crippen LogP contribution in [0.2, 0.25) is 19.6 Å². The molecule has 0 saturated heterocycles. The molecule has 0 aliphatic heterocycles. The Morgan fingerprint density at radius 3 is 2.39 bits per heavy atom. The molecule has 0 amide bonds. The fraction of sp³-hybridized carbons (Fsp3) is 0.556. The number of hydrogen-bond donors (Lipinski definition) is 0. The summed E-state index contributed by atoms with van der Waals surface area (Å²) in [6.07, 6.45) is 2.56. The van der Waals surface area contributed by atoms with Crippen LogP contribution in [0.3, 0.4) is 0 Å². The maximum Gasteiger partial charge on any atom is 0.219 e. The summed E-state index contributed by atoms with van der Waals surface area (Å²) in [5.41, 5.74) is 0.948. The maximum atomic E-state index is 13.0. The van der Waals surface area contributed by atoms with Crippen LogP contribution in [0, 0.1) is 0 Å². The number of ketones is 1. The minimum absolute atomic E-state index is 0.229. The Bertz CT molecular complexity index is 562. The third-order valence-electron chi connectivity index (χ3n) is 4.45. The van der Waals surface area contributed by atoms with Crippen molar-refractivity contribution in [3.63, 3.8) is 0 Å². The van der Waals surface area contributed by atoms with Gasteiger partial charge in [0.1, 0.15) is 5.78 Å². The zero-order valence-corrected chi connectivity index (χ0v) is 17.1. The lowest BCUT2D eigenvalue weighted by atomic mass is 9.90. The largest absolute Gasteiger partial charge is 0.479 e. The van der Waals surface area contributed by atoms with Crippen LogP contribution in [0.15, 0.2) is 30.3 Å². The Hall–Kier alpha value is -0.653. The SMILES string of the molecule is CCOC(=S)SC(CC(=O)C1(c2ccccc2)CC1)[Si](C)(C)C. The van der Waals surface area contributed by atoms with Gasteiger partial charge in [-0.15, -0.1) is 0 Å². The summed E-state index contributed by atoms with van der Waals surface area (Å²) in [4.78, 5) is 13.3. The topological polar surface area (TPSA) is 26.3 Å². The second kappa shape index (κ2) is 7.49. The van der Waals surface area contributed by atoms with Crippen molar-refractivity contribution in [2.45, 2.75) is 56.1 Å². The second-order valence-corrected chi connectivity index (χ2v) is 14.9. The van der Waals surface area contributed by atoms with Gasteiger partial charge in [-0.2, -0.15) is 0 Å². The first-order chi connectivity index (χ1) is 10.8. The van der Waals surface area contributed by atoms with Gasteiger partial charge >= 0.3 is 0 Å². The number of ether oxygens (including phenoxy) is 1. The van der Waals surface area contributed by atoms with Gasteiger partial charge in [0.2, 0.25) is 4.38 Å². The molecule has 2 nitrogen and oxygen atoms in total. The summed E-state index contributed by atoms with van der Waals surface area (Å²) in [5, 5.41) is 0. The molecule has 1 aliphatic rings. The summed E-state index contributed by atoms with van der Waals surface area (Å²) < 4.78 is 6.02. The molecular weight excluding hydrogens is 340 g/mol. The fourth-order valence-corrected chi connectivity index (χ4v) is 6.68. The van der Waals surface area contributed by atoms with Crippen LogP contribution in [0.5, 0.6) is 0 Å². The van der Waals surface area contributed by atoms with Crippen molar-refractivity contribution in [2.24, 2.45) is 0 Å². The highest BCUT2D eigenvalue weighted by atomic mass is 32.2. The lowest BCUT2D eigenvalue weighted by Gasteiger charge is -2.29. The molecule has 23 heavy (non-hydrogen) atoms. The van der Waals surface area contributed by atoms with Gasteiger partial charge in [0.25, 0.3) is 0 Å². The minimum atomic E-state index is -1.52. The van der Waals surface area contributed by atoms with Crippen molar-refractivity contribution in [3.05, 3.63) is 35.9 Å². The van der Waals surface area contributed by atoms with Crippen molar-refractivity contribution in [1.29, 1.82) is 0 Å². The predicted molar refractivity (Wildman–Crippen MR) is 106 cm³/mol. The molecule has 126 valence electrons. The zero-order chi connectivity index (χ0) is 17.1. The predicted octanol–water partition coefficient (Wildman–Crippen LogP) is 4.98. The van der Waals surface area contributed by atoms with Gasteiger partial charge in [-0.05, 0) is 37.5 Å². The standard InChI is InChI=1S/C18H26O2S2Si/c1-5-20-17(21)22-16(23(2,3)4)13-15(19)18(11-12-18)14-9-7-6-8-10-14/h6-10,16H,5,11-13H2,1-4H3. The molecule has 0 aromatic heterocycles. The summed E-state index contributed by atoms with van der Waals surface area (Å²) >= 11 is 6.90. The number of thiocarbonyl (C=S) groups is 1. The van der Waals surface area contributed by atoms with Crippen LogP contribution >= 0.6 is 24.0 Å². The first-order valence-electron chi connectivity index (χ1n) is 8.22. The van der Waals surface area contributed by atoms with Crippen LogP contribution in [-0.4, -0.2) is 29.7 Å². The van der Waals surface area contributed by atoms with Crippen LogP contribution < -0.4 is 0 Å². The van der Waals surface area contributed by atoms with E-state index in [1.54, 1.807) is 11.8 Å². The number of hydrogen-bond acceptors (Lipinski definition) is 4. The third-order valence-corrected chi connectivity index (χ3v) is 10.2. The summed E-state index contributed by atoms with van der Waals surface area (Å²) in [6.45, 7) is 9.43. The Labute approximate surface area is 150 Å². The van der Waals surface area contributed by atoms with Crippen molar-refractivity contribution < 1.29 is 9.53 Å². The molecule has 1 unspecified atom stereocenters. The highest BCUT2D eigenvalue weighted by molar-refractivity contribution is 8.24. The third kappa shape index (κ3) is 4.67. The molecular formula is C18H26O2S2Si. The molecule has 0 N–H and O–H groups in total. The monoisotopic (exact) mass is 366 g/mol. The Balaban J connectivity index is 2.10. The average molecular weight is 367 g/mol. The summed E-state index contributed by atoms with van der Waals surface area (Å²) in [5.74, 6) is 0.378. The van der Waals surface area contributed by atoms with Crippen LogP contribution in [0.4, 0.5) is 0 Å². The van der Waals surface area contributed by atoms with Crippen molar-refractivity contribution in [1.82, 2.24) is 0 Å². The molecule has 5 heteroatoms. The van der Waals surface area contributed by atoms with Crippen molar-refractivity contribution in [3.8, 4) is 0 Å². The van der Waals surface area contributed by atoms with Gasteiger partial charge in [-0.1, -0.05) is 61.7 Å². The van der Waals surface area contributed by atoms with E-state index >= 15 is 0 Å². The van der Waals surface area contributed by atoms with E-state index in [0.29, 0.717) is 23.2 Å². The molecule has 1 aliphatic carbocycles. The molecule has 1 fully saturated rings. The number of Topliss-reactive ketones (excluding diaryl/α,β-unsaturated/α-hetero) is 1. The first-order valence-corrected chi connectivity index (χ1v) is 13.1. The molecule has 1 aromatic rings. The molecule has 0 heterocycles. The van der Waals surface area contributed by atoms with E-state index < -0.39 is 8.07 Å². The van der Waals surface area contributed by atoms with Crippen molar-refractivity contribution in [2.75, 3.05) is 6.61 Å². The number of rotatable bonds is 7. The van der Waals surface area contributed by atoms with Crippen molar-refractivity contribution >= 4 is 42.2 Å². The van der Waals surface area contributed by atoms with Crippen LogP contribution in [-0.2, 0) is 14.9 Å². The number of thioether (sulfide) groups is 1. The van der Waals surface area contributed by atoms with Gasteiger partial charge in [-0.25, -0.2) is 0 Å². The molecule has 1 atom stereocenters. The quantitative estimate of drug-likeness (QED) is 0.502. The molecule has 1 saturated carbocycles. The van der Waals surface area contributed by atoms with E-state index in [-0.39, 0.29) is 10.3 Å². The lowest BCUT2D eigenvalue weighted by Crippen LogP contribution is -2.40. The molecule has 0 bridgehead atoms. The lowest BCUT2D eigenvalue weighted by molar-refractivity contribution is -0.121. The number of carbonyl (C=O) groups is 1. The van der Waals surface area contributed by atoms with Gasteiger partial charge in [0, 0.05) is 11.3 Å². The smallest absolute Gasteiger partial charge is 0.219 e. The van der Waals surface area contributed by atoms with Gasteiger partial charge in [-0.3, -0.25) is 4.79 Å². The van der Waals surface area contributed by atoms with Gasteiger partial charge in [0.15, 0.2) is 0 Å². The fourth-order valence-electron chi connectivity index (χ4n) is 2.77. The molecule has 1 aromatic carbocycles. The highest BCUT2D eigenvalue weighted by Gasteiger charge is 2.51. The van der Waals surface area contributed by atoms with E-state index in [0.717, 1.165) is 12.8 Å². The highest BCUT2D eigenvalue weighted by Crippen LogP contribution is 2.50. The summed E-state index contributed by atoms with van der Waals surface area (Å²) in [7, 11) is -1.52. The second-order valence-electron chi connectivity index (χ2n) is 7.23. The first kappa shape index (κ1) is 18.7.